The fourth-order valence-electron chi connectivity index (χ4n) is 2.41. The molecule has 1 aliphatic rings. The molecule has 0 aliphatic carbocycles. The number of esters is 1. The van der Waals surface area contributed by atoms with Crippen molar-refractivity contribution in [3.8, 4) is 0 Å². The minimum Gasteiger partial charge on any atom is -0.462 e. The van der Waals surface area contributed by atoms with Crippen molar-refractivity contribution in [3.05, 3.63) is 32.9 Å². The van der Waals surface area contributed by atoms with Gasteiger partial charge in [-0.3, -0.25) is 4.90 Å². The second-order valence-electron chi connectivity index (χ2n) is 5.02. The molecule has 4 nitrogen and oxygen atoms in total. The molecular weight excluding hydrogens is 403 g/mol. The highest BCUT2D eigenvalue weighted by molar-refractivity contribution is 14.1. The van der Waals surface area contributed by atoms with Crippen LogP contribution in [0.15, 0.2) is 18.2 Å². The summed E-state index contributed by atoms with van der Waals surface area (Å²) in [5.74, 6) is -0.230. The third-order valence-electron chi connectivity index (χ3n) is 3.59. The fraction of sp³-hybridized carbons (Fsp3) is 0.533. The van der Waals surface area contributed by atoms with E-state index in [1.54, 1.807) is 0 Å². The summed E-state index contributed by atoms with van der Waals surface area (Å²) in [6.45, 7) is 8.45. The molecule has 1 atom stereocenters. The molecular formula is C15H22ClIN2O2. The summed E-state index contributed by atoms with van der Waals surface area (Å²) >= 11 is 2.26. The number of benzene rings is 1. The van der Waals surface area contributed by atoms with Crippen LogP contribution in [0, 0.1) is 3.57 Å². The third-order valence-corrected chi connectivity index (χ3v) is 4.86. The topological polar surface area (TPSA) is 41.6 Å². The molecule has 1 aliphatic heterocycles. The van der Waals surface area contributed by atoms with Gasteiger partial charge in [0.1, 0.15) is 0 Å². The number of halogens is 2. The van der Waals surface area contributed by atoms with E-state index in [0.717, 1.165) is 29.7 Å². The van der Waals surface area contributed by atoms with E-state index >= 15 is 0 Å². The Labute approximate surface area is 146 Å². The Kier molecular flexibility index (Phi) is 7.94. The molecule has 0 radical (unpaired) electrons. The lowest BCUT2D eigenvalue weighted by atomic mass is 10.1. The van der Waals surface area contributed by atoms with Crippen molar-refractivity contribution in [3.63, 3.8) is 0 Å². The number of nitrogens with zero attached hydrogens (tertiary/aromatic N) is 1. The zero-order valence-electron chi connectivity index (χ0n) is 12.4. The molecule has 118 valence electrons. The van der Waals surface area contributed by atoms with Gasteiger partial charge in [0.05, 0.1) is 12.2 Å². The molecule has 1 aromatic carbocycles. The summed E-state index contributed by atoms with van der Waals surface area (Å²) < 4.78 is 6.12. The lowest BCUT2D eigenvalue weighted by Gasteiger charge is -2.34. The van der Waals surface area contributed by atoms with Gasteiger partial charge in [0.25, 0.3) is 0 Å². The molecule has 1 heterocycles. The maximum atomic E-state index is 11.9. The van der Waals surface area contributed by atoms with Crippen LogP contribution in [0.1, 0.15) is 29.8 Å². The van der Waals surface area contributed by atoms with Gasteiger partial charge in [0.2, 0.25) is 0 Å². The fourth-order valence-corrected chi connectivity index (χ4v) is 3.16. The quantitative estimate of drug-likeness (QED) is 0.596. The van der Waals surface area contributed by atoms with Gasteiger partial charge in [-0.15, -0.1) is 12.4 Å². The van der Waals surface area contributed by atoms with Crippen LogP contribution in [0.5, 0.6) is 0 Å². The van der Waals surface area contributed by atoms with Crippen molar-refractivity contribution < 1.29 is 9.53 Å². The van der Waals surface area contributed by atoms with Crippen molar-refractivity contribution in [2.45, 2.75) is 26.4 Å². The molecule has 6 heteroatoms. The molecule has 0 spiro atoms. The number of hydrogen-bond acceptors (Lipinski definition) is 4. The number of carbonyl (C=O) groups is 1. The monoisotopic (exact) mass is 424 g/mol. The third kappa shape index (κ3) is 4.81. The first-order valence-electron chi connectivity index (χ1n) is 7.02. The first kappa shape index (κ1) is 18.7. The van der Waals surface area contributed by atoms with Crippen LogP contribution in [0.2, 0.25) is 0 Å². The van der Waals surface area contributed by atoms with Crippen molar-refractivity contribution in [2.75, 3.05) is 26.2 Å². The van der Waals surface area contributed by atoms with E-state index in [4.69, 9.17) is 4.74 Å². The van der Waals surface area contributed by atoms with E-state index in [9.17, 15) is 4.79 Å². The average molecular weight is 425 g/mol. The molecule has 0 aromatic heterocycles. The largest absolute Gasteiger partial charge is 0.462 e. The Hall–Kier alpha value is -0.370. The Morgan fingerprint density at radius 1 is 1.52 bits per heavy atom. The molecule has 0 saturated carbocycles. The highest BCUT2D eigenvalue weighted by Crippen LogP contribution is 2.21. The smallest absolute Gasteiger partial charge is 0.339 e. The van der Waals surface area contributed by atoms with Gasteiger partial charge in [-0.2, -0.15) is 0 Å². The van der Waals surface area contributed by atoms with E-state index in [-0.39, 0.29) is 18.4 Å². The van der Waals surface area contributed by atoms with Crippen molar-refractivity contribution in [1.29, 1.82) is 0 Å². The molecule has 1 N–H and O–H groups in total. The Morgan fingerprint density at radius 3 is 2.95 bits per heavy atom. The van der Waals surface area contributed by atoms with Gasteiger partial charge >= 0.3 is 5.97 Å². The maximum absolute atomic E-state index is 11.9. The standard InChI is InChI=1S/C15H21IN2O2.ClH/c1-3-20-15(19)13-6-4-5-12(14(13)16)10-18-8-7-17-9-11(18)2;/h4-6,11,17H,3,7-10H2,1-2H3;1H/t11-;/m0./s1. The highest BCUT2D eigenvalue weighted by Gasteiger charge is 2.20. The van der Waals surface area contributed by atoms with Gasteiger partial charge < -0.3 is 10.1 Å². The van der Waals surface area contributed by atoms with Crippen LogP contribution in [-0.2, 0) is 11.3 Å². The van der Waals surface area contributed by atoms with E-state index in [0.29, 0.717) is 18.2 Å². The second kappa shape index (κ2) is 8.92. The van der Waals surface area contributed by atoms with Gasteiger partial charge in [-0.25, -0.2) is 4.79 Å². The van der Waals surface area contributed by atoms with E-state index in [1.807, 2.05) is 19.1 Å². The molecule has 1 fully saturated rings. The van der Waals surface area contributed by atoms with Gasteiger partial charge in [-0.1, -0.05) is 12.1 Å². The predicted molar refractivity (Wildman–Crippen MR) is 95.1 cm³/mol. The average Bonchev–Trinajstić information content (AvgIpc) is 2.43. The lowest BCUT2D eigenvalue weighted by molar-refractivity contribution is 0.0524. The number of nitrogens with one attached hydrogen (secondary N) is 1. The zero-order chi connectivity index (χ0) is 14.5. The number of carbonyl (C=O) groups excluding carboxylic acids is 1. The van der Waals surface area contributed by atoms with Crippen LogP contribution >= 0.6 is 35.0 Å². The molecule has 2 rings (SSSR count). The summed E-state index contributed by atoms with van der Waals surface area (Å²) in [6, 6.07) is 6.39. The van der Waals surface area contributed by atoms with Gasteiger partial charge in [-0.05, 0) is 48.1 Å². The van der Waals surface area contributed by atoms with Gasteiger partial charge in [0.15, 0.2) is 0 Å². The molecule has 0 amide bonds. The van der Waals surface area contributed by atoms with Crippen molar-refractivity contribution in [2.24, 2.45) is 0 Å². The second-order valence-corrected chi connectivity index (χ2v) is 6.10. The van der Waals surface area contributed by atoms with Crippen LogP contribution in [0.25, 0.3) is 0 Å². The minimum absolute atomic E-state index is 0. The van der Waals surface area contributed by atoms with E-state index in [1.165, 1.54) is 5.56 Å². The summed E-state index contributed by atoms with van der Waals surface area (Å²) in [4.78, 5) is 14.4. The molecule has 0 bridgehead atoms. The first-order chi connectivity index (χ1) is 9.63. The van der Waals surface area contributed by atoms with E-state index < -0.39 is 0 Å². The lowest BCUT2D eigenvalue weighted by Crippen LogP contribution is -2.49. The number of piperazine rings is 1. The van der Waals surface area contributed by atoms with Crippen molar-refractivity contribution >= 4 is 41.0 Å². The predicted octanol–water partition coefficient (Wildman–Crippen LogP) is 2.68. The number of rotatable bonds is 4. The molecule has 1 aromatic rings. The highest BCUT2D eigenvalue weighted by atomic mass is 127. The van der Waals surface area contributed by atoms with Crippen LogP contribution in [-0.4, -0.2) is 43.2 Å². The molecule has 21 heavy (non-hydrogen) atoms. The minimum atomic E-state index is -0.230. The van der Waals surface area contributed by atoms with Crippen LogP contribution in [0.4, 0.5) is 0 Å². The summed E-state index contributed by atoms with van der Waals surface area (Å²) in [5, 5.41) is 3.39. The Morgan fingerprint density at radius 2 is 2.29 bits per heavy atom. The summed E-state index contributed by atoms with van der Waals surface area (Å²) in [6.07, 6.45) is 0. The zero-order valence-corrected chi connectivity index (χ0v) is 15.4. The number of hydrogen-bond donors (Lipinski definition) is 1. The van der Waals surface area contributed by atoms with Crippen molar-refractivity contribution in [1.82, 2.24) is 10.2 Å². The molecule has 0 unspecified atom stereocenters. The number of ether oxygens (including phenoxy) is 1. The van der Waals surface area contributed by atoms with Gasteiger partial charge in [0, 0.05) is 35.8 Å². The Bertz CT molecular complexity index is 485. The SMILES string of the molecule is CCOC(=O)c1cccc(CN2CCNC[C@@H]2C)c1I.Cl. The Balaban J connectivity index is 0.00000220. The summed E-state index contributed by atoms with van der Waals surface area (Å²) in [5.41, 5.74) is 1.87. The first-order valence-corrected chi connectivity index (χ1v) is 8.10. The van der Waals surface area contributed by atoms with E-state index in [2.05, 4.69) is 45.8 Å². The van der Waals surface area contributed by atoms with Crippen LogP contribution < -0.4 is 5.32 Å². The maximum Gasteiger partial charge on any atom is 0.339 e. The van der Waals surface area contributed by atoms with Crippen LogP contribution in [0.3, 0.4) is 0 Å². The summed E-state index contributed by atoms with van der Waals surface area (Å²) in [7, 11) is 0. The molecule has 1 saturated heterocycles. The normalized spacial score (nSPS) is 18.9.